The molecule has 0 bridgehead atoms. The molecule has 2 aromatic carbocycles. The highest BCUT2D eigenvalue weighted by molar-refractivity contribution is 6.04. The van der Waals surface area contributed by atoms with Gasteiger partial charge < -0.3 is 15.4 Å². The number of carbonyl (C=O) groups excluding carboxylic acids is 2. The van der Waals surface area contributed by atoms with E-state index in [-0.39, 0.29) is 5.91 Å². The molecule has 0 fully saturated rings. The lowest BCUT2D eigenvalue weighted by atomic mass is 10.1. The summed E-state index contributed by atoms with van der Waals surface area (Å²) in [6.45, 7) is 4.11. The number of hydrogen-bond acceptors (Lipinski definition) is 5. The average Bonchev–Trinajstić information content (AvgIpc) is 2.71. The van der Waals surface area contributed by atoms with Crippen molar-refractivity contribution in [3.8, 4) is 0 Å². The fourth-order valence-electron chi connectivity index (χ4n) is 2.63. The van der Waals surface area contributed by atoms with E-state index < -0.39 is 5.97 Å². The number of methoxy groups -OCH3 is 1. The Morgan fingerprint density at radius 2 is 1.54 bits per heavy atom. The van der Waals surface area contributed by atoms with Gasteiger partial charge in [0.15, 0.2) is 0 Å². The summed E-state index contributed by atoms with van der Waals surface area (Å²) in [7, 11) is 1.32. The summed E-state index contributed by atoms with van der Waals surface area (Å²) >= 11 is 0. The molecule has 142 valence electrons. The van der Waals surface area contributed by atoms with Gasteiger partial charge in [-0.15, -0.1) is 0 Å². The Morgan fingerprint density at radius 1 is 0.821 bits per heavy atom. The van der Waals surface area contributed by atoms with Crippen LogP contribution in [0.25, 0.3) is 0 Å². The molecular weight excluding hydrogens is 354 g/mol. The molecule has 0 saturated heterocycles. The summed E-state index contributed by atoms with van der Waals surface area (Å²) in [6, 6.07) is 14.3. The standard InChI is InChI=1S/C22H21N3O3/c1-14-4-7-19(10-15(14)2)24-20-11-17(12-23-13-20)21(26)25-18-8-5-16(6-9-18)22(27)28-3/h4-13,24H,1-3H3,(H,25,26). The first-order valence-electron chi connectivity index (χ1n) is 8.75. The van der Waals surface area contributed by atoms with E-state index in [1.807, 2.05) is 25.1 Å². The monoisotopic (exact) mass is 375 g/mol. The van der Waals surface area contributed by atoms with E-state index in [2.05, 4.69) is 27.3 Å². The molecule has 0 aliphatic carbocycles. The van der Waals surface area contributed by atoms with Crippen LogP contribution in [0.3, 0.4) is 0 Å². The van der Waals surface area contributed by atoms with Crippen molar-refractivity contribution in [3.05, 3.63) is 83.2 Å². The predicted octanol–water partition coefficient (Wildman–Crippen LogP) is 4.48. The number of hydrogen-bond donors (Lipinski definition) is 2. The van der Waals surface area contributed by atoms with Gasteiger partial charge in [0.2, 0.25) is 0 Å². The fourth-order valence-corrected chi connectivity index (χ4v) is 2.63. The third-order valence-corrected chi connectivity index (χ3v) is 4.36. The van der Waals surface area contributed by atoms with E-state index >= 15 is 0 Å². The van der Waals surface area contributed by atoms with Crippen LogP contribution in [0.2, 0.25) is 0 Å². The Labute approximate surface area is 163 Å². The quantitative estimate of drug-likeness (QED) is 0.643. The van der Waals surface area contributed by atoms with Gasteiger partial charge in [-0.05, 0) is 67.4 Å². The smallest absolute Gasteiger partial charge is 0.337 e. The molecule has 2 N–H and O–H groups in total. The van der Waals surface area contributed by atoms with Crippen molar-refractivity contribution in [2.75, 3.05) is 17.7 Å². The van der Waals surface area contributed by atoms with Crippen LogP contribution in [-0.4, -0.2) is 24.0 Å². The van der Waals surface area contributed by atoms with Crippen LogP contribution < -0.4 is 10.6 Å². The molecule has 6 heteroatoms. The van der Waals surface area contributed by atoms with Gasteiger partial charge in [0.1, 0.15) is 0 Å². The molecule has 0 spiro atoms. The number of rotatable bonds is 5. The molecule has 1 heterocycles. The molecule has 0 atom stereocenters. The Kier molecular flexibility index (Phi) is 5.69. The number of anilines is 3. The Bertz CT molecular complexity index is 1010. The van der Waals surface area contributed by atoms with Crippen molar-refractivity contribution in [3.63, 3.8) is 0 Å². The predicted molar refractivity (Wildman–Crippen MR) is 109 cm³/mol. The SMILES string of the molecule is COC(=O)c1ccc(NC(=O)c2cncc(Nc3ccc(C)c(C)c3)c2)cc1. The van der Waals surface area contributed by atoms with Gasteiger partial charge in [-0.25, -0.2) is 4.79 Å². The number of amides is 1. The lowest BCUT2D eigenvalue weighted by molar-refractivity contribution is 0.0600. The van der Waals surface area contributed by atoms with Gasteiger partial charge in [0.25, 0.3) is 5.91 Å². The van der Waals surface area contributed by atoms with Crippen LogP contribution in [0.4, 0.5) is 17.1 Å². The average molecular weight is 375 g/mol. The van der Waals surface area contributed by atoms with Crippen molar-refractivity contribution >= 4 is 28.9 Å². The first-order chi connectivity index (χ1) is 13.5. The molecule has 28 heavy (non-hydrogen) atoms. The fraction of sp³-hybridized carbons (Fsp3) is 0.136. The zero-order chi connectivity index (χ0) is 20.1. The molecule has 0 aliphatic rings. The number of nitrogens with one attached hydrogen (secondary N) is 2. The molecule has 0 radical (unpaired) electrons. The van der Waals surface area contributed by atoms with Crippen LogP contribution in [0.1, 0.15) is 31.8 Å². The van der Waals surface area contributed by atoms with Crippen molar-refractivity contribution in [1.29, 1.82) is 0 Å². The largest absolute Gasteiger partial charge is 0.465 e. The zero-order valence-corrected chi connectivity index (χ0v) is 15.9. The maximum Gasteiger partial charge on any atom is 0.337 e. The normalized spacial score (nSPS) is 10.2. The van der Waals surface area contributed by atoms with Crippen molar-refractivity contribution in [2.24, 2.45) is 0 Å². The number of pyridine rings is 1. The lowest BCUT2D eigenvalue weighted by Crippen LogP contribution is -2.12. The molecular formula is C22H21N3O3. The van der Waals surface area contributed by atoms with Crippen LogP contribution >= 0.6 is 0 Å². The molecule has 1 aromatic heterocycles. The van der Waals surface area contributed by atoms with Crippen LogP contribution in [0.5, 0.6) is 0 Å². The molecule has 0 unspecified atom stereocenters. The van der Waals surface area contributed by atoms with Crippen molar-refractivity contribution in [1.82, 2.24) is 4.98 Å². The number of esters is 1. The van der Waals surface area contributed by atoms with Gasteiger partial charge >= 0.3 is 5.97 Å². The summed E-state index contributed by atoms with van der Waals surface area (Å²) < 4.78 is 4.66. The topological polar surface area (TPSA) is 80.3 Å². The minimum Gasteiger partial charge on any atom is -0.465 e. The Morgan fingerprint density at radius 3 is 2.21 bits per heavy atom. The molecule has 3 rings (SSSR count). The second kappa shape index (κ2) is 8.35. The van der Waals surface area contributed by atoms with E-state index in [1.54, 1.807) is 36.5 Å². The number of aryl methyl sites for hydroxylation is 2. The minimum absolute atomic E-state index is 0.290. The van der Waals surface area contributed by atoms with E-state index in [1.165, 1.54) is 24.4 Å². The molecule has 6 nitrogen and oxygen atoms in total. The van der Waals surface area contributed by atoms with Gasteiger partial charge in [-0.3, -0.25) is 9.78 Å². The molecule has 0 aliphatic heterocycles. The zero-order valence-electron chi connectivity index (χ0n) is 15.9. The summed E-state index contributed by atoms with van der Waals surface area (Å²) in [5, 5.41) is 6.05. The summed E-state index contributed by atoms with van der Waals surface area (Å²) in [4.78, 5) is 28.1. The van der Waals surface area contributed by atoms with Crippen LogP contribution in [-0.2, 0) is 4.74 Å². The van der Waals surface area contributed by atoms with Gasteiger partial charge in [0.05, 0.1) is 30.1 Å². The molecule has 3 aromatic rings. The number of nitrogens with zero attached hydrogens (tertiary/aromatic N) is 1. The highest BCUT2D eigenvalue weighted by atomic mass is 16.5. The molecule has 0 saturated carbocycles. The number of benzene rings is 2. The Balaban J connectivity index is 1.71. The highest BCUT2D eigenvalue weighted by Gasteiger charge is 2.10. The maximum atomic E-state index is 12.5. The number of ether oxygens (including phenoxy) is 1. The first kappa shape index (κ1) is 19.1. The van der Waals surface area contributed by atoms with E-state index in [0.29, 0.717) is 16.8 Å². The maximum absolute atomic E-state index is 12.5. The third kappa shape index (κ3) is 4.54. The second-order valence-electron chi connectivity index (χ2n) is 6.41. The van der Waals surface area contributed by atoms with Gasteiger partial charge in [0, 0.05) is 17.6 Å². The van der Waals surface area contributed by atoms with Crippen LogP contribution in [0, 0.1) is 13.8 Å². The third-order valence-electron chi connectivity index (χ3n) is 4.36. The van der Waals surface area contributed by atoms with Gasteiger partial charge in [-0.1, -0.05) is 6.07 Å². The van der Waals surface area contributed by atoms with E-state index in [9.17, 15) is 9.59 Å². The lowest BCUT2D eigenvalue weighted by Gasteiger charge is -2.10. The van der Waals surface area contributed by atoms with Crippen molar-refractivity contribution in [2.45, 2.75) is 13.8 Å². The summed E-state index contributed by atoms with van der Waals surface area (Å²) in [5.41, 5.74) is 5.47. The van der Waals surface area contributed by atoms with Gasteiger partial charge in [-0.2, -0.15) is 0 Å². The second-order valence-corrected chi connectivity index (χ2v) is 6.41. The summed E-state index contributed by atoms with van der Waals surface area (Å²) in [6.07, 6.45) is 3.17. The number of aromatic nitrogens is 1. The van der Waals surface area contributed by atoms with Crippen molar-refractivity contribution < 1.29 is 14.3 Å². The van der Waals surface area contributed by atoms with E-state index in [0.717, 1.165) is 11.4 Å². The van der Waals surface area contributed by atoms with Crippen LogP contribution in [0.15, 0.2) is 60.9 Å². The Hall–Kier alpha value is -3.67. The first-order valence-corrected chi connectivity index (χ1v) is 8.75. The summed E-state index contributed by atoms with van der Waals surface area (Å²) in [5.74, 6) is -0.714. The number of carbonyl (C=O) groups is 2. The molecule has 1 amide bonds. The highest BCUT2D eigenvalue weighted by Crippen LogP contribution is 2.20. The van der Waals surface area contributed by atoms with E-state index in [4.69, 9.17) is 0 Å². The minimum atomic E-state index is -0.424.